The van der Waals surface area contributed by atoms with Crippen LogP contribution in [0.25, 0.3) is 11.4 Å². The summed E-state index contributed by atoms with van der Waals surface area (Å²) in [6, 6.07) is 17.5. The van der Waals surface area contributed by atoms with Crippen LogP contribution in [0.5, 0.6) is 0 Å². The zero-order valence-corrected chi connectivity index (χ0v) is 19.1. The van der Waals surface area contributed by atoms with Crippen LogP contribution in [0.2, 0.25) is 0 Å². The molecule has 3 aromatic rings. The van der Waals surface area contributed by atoms with Crippen molar-refractivity contribution in [1.29, 1.82) is 5.26 Å². The Morgan fingerprint density at radius 2 is 1.52 bits per heavy atom. The maximum absolute atomic E-state index is 8.90. The zero-order chi connectivity index (χ0) is 22.9. The molecule has 4 rings (SSSR count). The molecule has 0 atom stereocenters. The van der Waals surface area contributed by atoms with Gasteiger partial charge in [-0.15, -0.1) is 5.11 Å². The number of aromatic nitrogens is 2. The number of anilines is 1. The molecule has 0 amide bonds. The topological polar surface area (TPSA) is 80.8 Å². The summed E-state index contributed by atoms with van der Waals surface area (Å²) in [5.41, 5.74) is 4.09. The van der Waals surface area contributed by atoms with Gasteiger partial charge in [0.2, 0.25) is 0 Å². The van der Waals surface area contributed by atoms with Gasteiger partial charge in [0.05, 0.1) is 29.7 Å². The smallest absolute Gasteiger partial charge is 0.159 e. The Morgan fingerprint density at radius 3 is 2.15 bits per heavy atom. The lowest BCUT2D eigenvalue weighted by atomic mass is 10.1. The highest BCUT2D eigenvalue weighted by Gasteiger charge is 2.16. The summed E-state index contributed by atoms with van der Waals surface area (Å²) in [5, 5.41) is 17.5. The third kappa shape index (κ3) is 6.21. The molecule has 0 bridgehead atoms. The molecule has 1 aromatic heterocycles. The average Bonchev–Trinajstić information content (AvgIpc) is 2.89. The van der Waals surface area contributed by atoms with E-state index >= 15 is 0 Å². The highest BCUT2D eigenvalue weighted by atomic mass is 15.3. The van der Waals surface area contributed by atoms with Crippen molar-refractivity contribution >= 4 is 17.1 Å². The first-order valence-electron chi connectivity index (χ1n) is 11.6. The third-order valence-electron chi connectivity index (χ3n) is 5.86. The molecule has 7 heteroatoms. The summed E-state index contributed by atoms with van der Waals surface area (Å²) in [6.07, 6.45) is 7.21. The van der Waals surface area contributed by atoms with Crippen LogP contribution in [0.3, 0.4) is 0 Å². The minimum Gasteiger partial charge on any atom is -0.369 e. The van der Waals surface area contributed by atoms with Crippen LogP contribution in [0.15, 0.2) is 71.2 Å². The van der Waals surface area contributed by atoms with Gasteiger partial charge in [-0.25, -0.2) is 9.97 Å². The van der Waals surface area contributed by atoms with Crippen LogP contribution in [-0.2, 0) is 0 Å². The fraction of sp³-hybridized carbons (Fsp3) is 0.346. The summed E-state index contributed by atoms with van der Waals surface area (Å²) in [4.78, 5) is 13.7. The van der Waals surface area contributed by atoms with E-state index in [0.717, 1.165) is 37.4 Å². The predicted octanol–water partition coefficient (Wildman–Crippen LogP) is 5.74. The van der Waals surface area contributed by atoms with Crippen LogP contribution >= 0.6 is 0 Å². The van der Waals surface area contributed by atoms with Gasteiger partial charge in [0.25, 0.3) is 0 Å². The molecule has 0 radical (unpaired) electrons. The summed E-state index contributed by atoms with van der Waals surface area (Å²) >= 11 is 0. The fourth-order valence-corrected chi connectivity index (χ4v) is 3.88. The van der Waals surface area contributed by atoms with Crippen LogP contribution in [0.1, 0.15) is 31.7 Å². The van der Waals surface area contributed by atoms with Crippen molar-refractivity contribution < 1.29 is 0 Å². The monoisotopic (exact) mass is 439 g/mol. The van der Waals surface area contributed by atoms with Crippen molar-refractivity contribution in [3.63, 3.8) is 0 Å². The molecule has 33 heavy (non-hydrogen) atoms. The second-order valence-electron chi connectivity index (χ2n) is 8.21. The fourth-order valence-electron chi connectivity index (χ4n) is 3.88. The minimum atomic E-state index is 0.591. The maximum atomic E-state index is 8.90. The molecular weight excluding hydrogens is 410 g/mol. The number of piperazine rings is 1. The normalized spacial score (nSPS) is 14.5. The standard InChI is InChI=1S/C26H29N7/c1-2-3-4-13-32-14-16-33(17-15-32)25-11-9-23(10-12-25)30-31-24-19-28-26(29-20-24)22-7-5-21(18-27)6-8-22/h5-12,19-20H,2-4,13-17H2,1H3. The zero-order valence-electron chi connectivity index (χ0n) is 19.1. The molecule has 2 heterocycles. The van der Waals surface area contributed by atoms with Gasteiger partial charge in [-0.05, 0) is 61.5 Å². The number of nitrogens with zero attached hydrogens (tertiary/aromatic N) is 7. The van der Waals surface area contributed by atoms with E-state index in [1.54, 1.807) is 24.5 Å². The van der Waals surface area contributed by atoms with Crippen LogP contribution in [-0.4, -0.2) is 47.6 Å². The largest absolute Gasteiger partial charge is 0.369 e. The van der Waals surface area contributed by atoms with E-state index in [1.165, 1.54) is 31.5 Å². The van der Waals surface area contributed by atoms with Gasteiger partial charge in [-0.2, -0.15) is 10.4 Å². The van der Waals surface area contributed by atoms with Crippen LogP contribution < -0.4 is 4.90 Å². The molecule has 7 nitrogen and oxygen atoms in total. The second-order valence-corrected chi connectivity index (χ2v) is 8.21. The molecule has 1 aliphatic rings. The van der Waals surface area contributed by atoms with E-state index in [4.69, 9.17) is 5.26 Å². The van der Waals surface area contributed by atoms with Gasteiger partial charge in [0, 0.05) is 37.4 Å². The first-order valence-corrected chi connectivity index (χ1v) is 11.6. The molecule has 2 aromatic carbocycles. The first-order chi connectivity index (χ1) is 16.2. The van der Waals surface area contributed by atoms with Gasteiger partial charge in [0.15, 0.2) is 5.82 Å². The Balaban J connectivity index is 1.30. The Hall–Kier alpha value is -3.63. The Bertz CT molecular complexity index is 1080. The Kier molecular flexibility index (Phi) is 7.72. The quantitative estimate of drug-likeness (QED) is 0.330. The summed E-state index contributed by atoms with van der Waals surface area (Å²) < 4.78 is 0. The molecule has 1 saturated heterocycles. The van der Waals surface area contributed by atoms with Crippen molar-refractivity contribution in [2.45, 2.75) is 26.2 Å². The van der Waals surface area contributed by atoms with E-state index in [9.17, 15) is 0 Å². The predicted molar refractivity (Wildman–Crippen MR) is 131 cm³/mol. The highest BCUT2D eigenvalue weighted by Crippen LogP contribution is 2.23. The third-order valence-corrected chi connectivity index (χ3v) is 5.86. The van der Waals surface area contributed by atoms with Crippen molar-refractivity contribution in [3.05, 3.63) is 66.5 Å². The molecule has 0 aliphatic carbocycles. The lowest BCUT2D eigenvalue weighted by Crippen LogP contribution is -2.46. The SMILES string of the molecule is CCCCCN1CCN(c2ccc(N=Nc3cnc(-c4ccc(C#N)cc4)nc3)cc2)CC1. The van der Waals surface area contributed by atoms with Crippen molar-refractivity contribution in [1.82, 2.24) is 14.9 Å². The molecule has 0 unspecified atom stereocenters. The van der Waals surface area contributed by atoms with Gasteiger partial charge < -0.3 is 4.90 Å². The Labute approximate surface area is 195 Å². The molecule has 0 saturated carbocycles. The van der Waals surface area contributed by atoms with E-state index in [-0.39, 0.29) is 0 Å². The number of azo groups is 1. The summed E-state index contributed by atoms with van der Waals surface area (Å²) in [7, 11) is 0. The molecular formula is C26H29N7. The number of rotatable bonds is 8. The molecule has 168 valence electrons. The first kappa shape index (κ1) is 22.6. The van der Waals surface area contributed by atoms with E-state index in [2.05, 4.69) is 55.1 Å². The van der Waals surface area contributed by atoms with E-state index < -0.39 is 0 Å². The van der Waals surface area contributed by atoms with Crippen LogP contribution in [0, 0.1) is 11.3 Å². The highest BCUT2D eigenvalue weighted by molar-refractivity contribution is 5.57. The summed E-state index contributed by atoms with van der Waals surface area (Å²) in [6.45, 7) is 7.86. The van der Waals surface area contributed by atoms with Gasteiger partial charge in [0.1, 0.15) is 5.69 Å². The number of hydrogen-bond acceptors (Lipinski definition) is 7. The lowest BCUT2D eigenvalue weighted by molar-refractivity contribution is 0.252. The van der Waals surface area contributed by atoms with Crippen molar-refractivity contribution in [3.8, 4) is 17.5 Å². The molecule has 1 aliphatic heterocycles. The molecule has 0 N–H and O–H groups in total. The number of nitriles is 1. The van der Waals surface area contributed by atoms with E-state index in [0.29, 0.717) is 17.1 Å². The lowest BCUT2D eigenvalue weighted by Gasteiger charge is -2.36. The average molecular weight is 440 g/mol. The summed E-state index contributed by atoms with van der Waals surface area (Å²) in [5.74, 6) is 0.591. The Morgan fingerprint density at radius 1 is 0.848 bits per heavy atom. The minimum absolute atomic E-state index is 0.591. The van der Waals surface area contributed by atoms with Gasteiger partial charge in [-0.3, -0.25) is 4.90 Å². The number of benzene rings is 2. The van der Waals surface area contributed by atoms with Gasteiger partial charge in [-0.1, -0.05) is 19.8 Å². The number of unbranched alkanes of at least 4 members (excludes halogenated alkanes) is 2. The van der Waals surface area contributed by atoms with Crippen LogP contribution in [0.4, 0.5) is 17.1 Å². The molecule has 0 spiro atoms. The molecule has 1 fully saturated rings. The number of hydrogen-bond donors (Lipinski definition) is 0. The maximum Gasteiger partial charge on any atom is 0.159 e. The van der Waals surface area contributed by atoms with E-state index in [1.807, 2.05) is 24.3 Å². The second kappa shape index (κ2) is 11.3. The van der Waals surface area contributed by atoms with Gasteiger partial charge >= 0.3 is 0 Å². The van der Waals surface area contributed by atoms with Crippen molar-refractivity contribution in [2.24, 2.45) is 10.2 Å². The van der Waals surface area contributed by atoms with Crippen molar-refractivity contribution in [2.75, 3.05) is 37.6 Å².